The smallest absolute Gasteiger partial charge is 0.310 e. The Hall–Kier alpha value is -3.42. The number of carbonyl (C=O) groups excluding carboxylic acids is 3. The molecule has 2 aromatic carbocycles. The number of benzene rings is 2. The molecule has 2 N–H and O–H groups in total. The highest BCUT2D eigenvalue weighted by Crippen LogP contribution is 2.18. The van der Waals surface area contributed by atoms with Crippen molar-refractivity contribution in [2.45, 2.75) is 13.3 Å². The summed E-state index contributed by atoms with van der Waals surface area (Å²) in [6.07, 6.45) is -0.174. The molecule has 0 radical (unpaired) electrons. The first kappa shape index (κ1) is 19.9. The summed E-state index contributed by atoms with van der Waals surface area (Å²) in [4.78, 5) is 34.7. The normalized spacial score (nSPS) is 10.0. The minimum Gasteiger partial charge on any atom is -0.494 e. The largest absolute Gasteiger partial charge is 0.494 e. The highest BCUT2D eigenvalue weighted by Gasteiger charge is 2.11. The fourth-order valence-corrected chi connectivity index (χ4v) is 2.26. The first-order valence-corrected chi connectivity index (χ1v) is 8.03. The molecule has 2 aromatic rings. The number of amides is 2. The average Bonchev–Trinajstić information content (AvgIpc) is 2.60. The third kappa shape index (κ3) is 6.43. The van der Waals surface area contributed by atoms with Crippen molar-refractivity contribution in [1.29, 1.82) is 0 Å². The molecular formula is C19H19FN2O5. The van der Waals surface area contributed by atoms with Crippen LogP contribution in [0.2, 0.25) is 0 Å². The molecule has 0 aliphatic rings. The second-order valence-corrected chi connectivity index (χ2v) is 5.62. The third-order valence-electron chi connectivity index (χ3n) is 3.40. The number of carbonyl (C=O) groups is 3. The molecule has 0 aliphatic carbocycles. The van der Waals surface area contributed by atoms with E-state index >= 15 is 0 Å². The van der Waals surface area contributed by atoms with Gasteiger partial charge in [0.25, 0.3) is 5.91 Å². The zero-order chi connectivity index (χ0) is 19.8. The maximum absolute atomic E-state index is 13.6. The van der Waals surface area contributed by atoms with E-state index in [0.29, 0.717) is 16.9 Å². The molecule has 27 heavy (non-hydrogen) atoms. The van der Waals surface area contributed by atoms with E-state index < -0.39 is 24.3 Å². The van der Waals surface area contributed by atoms with E-state index in [4.69, 9.17) is 9.47 Å². The Balaban J connectivity index is 1.83. The van der Waals surface area contributed by atoms with Crippen LogP contribution in [0.15, 0.2) is 42.5 Å². The van der Waals surface area contributed by atoms with E-state index in [2.05, 4.69) is 10.6 Å². The van der Waals surface area contributed by atoms with Crippen molar-refractivity contribution in [2.75, 3.05) is 24.4 Å². The van der Waals surface area contributed by atoms with Gasteiger partial charge in [-0.05, 0) is 35.9 Å². The van der Waals surface area contributed by atoms with Crippen LogP contribution in [0.5, 0.6) is 5.75 Å². The lowest BCUT2D eigenvalue weighted by Gasteiger charge is -2.09. The Morgan fingerprint density at radius 1 is 1.04 bits per heavy atom. The number of hydrogen-bond acceptors (Lipinski definition) is 5. The van der Waals surface area contributed by atoms with Crippen molar-refractivity contribution < 1.29 is 28.2 Å². The summed E-state index contributed by atoms with van der Waals surface area (Å²) in [5.74, 6) is -1.94. The summed E-state index contributed by atoms with van der Waals surface area (Å²) >= 11 is 0. The molecule has 0 saturated heterocycles. The van der Waals surface area contributed by atoms with Gasteiger partial charge >= 0.3 is 5.97 Å². The third-order valence-corrected chi connectivity index (χ3v) is 3.40. The molecule has 142 valence electrons. The Labute approximate surface area is 155 Å². The van der Waals surface area contributed by atoms with Crippen LogP contribution in [-0.4, -0.2) is 31.5 Å². The van der Waals surface area contributed by atoms with Gasteiger partial charge in [0.2, 0.25) is 5.91 Å². The maximum Gasteiger partial charge on any atom is 0.310 e. The zero-order valence-electron chi connectivity index (χ0n) is 14.9. The zero-order valence-corrected chi connectivity index (χ0v) is 14.9. The van der Waals surface area contributed by atoms with Crippen molar-refractivity contribution in [3.05, 3.63) is 53.8 Å². The van der Waals surface area contributed by atoms with Crippen molar-refractivity contribution in [2.24, 2.45) is 0 Å². The molecule has 0 saturated carbocycles. The first-order chi connectivity index (χ1) is 12.9. The van der Waals surface area contributed by atoms with Gasteiger partial charge in [-0.15, -0.1) is 0 Å². The Morgan fingerprint density at radius 3 is 2.37 bits per heavy atom. The lowest BCUT2D eigenvalue weighted by molar-refractivity contribution is -0.146. The molecule has 0 unspecified atom stereocenters. The van der Waals surface area contributed by atoms with Crippen LogP contribution in [0.3, 0.4) is 0 Å². The summed E-state index contributed by atoms with van der Waals surface area (Å²) in [5, 5.41) is 5.15. The number of hydrogen-bond donors (Lipinski definition) is 2. The maximum atomic E-state index is 13.6. The summed E-state index contributed by atoms with van der Waals surface area (Å²) in [6, 6.07) is 10.7. The number of ether oxygens (including phenoxy) is 2. The summed E-state index contributed by atoms with van der Waals surface area (Å²) in [6.45, 7) is 0.890. The van der Waals surface area contributed by atoms with Crippen LogP contribution in [0.25, 0.3) is 0 Å². The molecule has 0 heterocycles. The number of halogens is 1. The highest BCUT2D eigenvalue weighted by molar-refractivity contribution is 5.94. The molecular weight excluding hydrogens is 355 g/mol. The molecule has 0 bridgehead atoms. The molecule has 2 rings (SSSR count). The lowest BCUT2D eigenvalue weighted by Crippen LogP contribution is -2.21. The highest BCUT2D eigenvalue weighted by atomic mass is 19.1. The van der Waals surface area contributed by atoms with E-state index in [-0.39, 0.29) is 18.1 Å². The summed E-state index contributed by atoms with van der Waals surface area (Å²) in [5.41, 5.74) is 1.38. The topological polar surface area (TPSA) is 93.7 Å². The van der Waals surface area contributed by atoms with E-state index in [0.717, 1.165) is 0 Å². The molecule has 0 aliphatic heterocycles. The lowest BCUT2D eigenvalue weighted by atomic mass is 10.1. The van der Waals surface area contributed by atoms with Crippen molar-refractivity contribution in [1.82, 2.24) is 0 Å². The van der Waals surface area contributed by atoms with Crippen LogP contribution in [0.1, 0.15) is 12.5 Å². The monoisotopic (exact) mass is 374 g/mol. The van der Waals surface area contributed by atoms with Gasteiger partial charge < -0.3 is 20.1 Å². The Morgan fingerprint density at radius 2 is 1.74 bits per heavy atom. The molecule has 2 amide bonds. The van der Waals surface area contributed by atoms with Gasteiger partial charge in [0, 0.05) is 18.3 Å². The second kappa shape index (κ2) is 9.33. The van der Waals surface area contributed by atoms with Crippen LogP contribution < -0.4 is 15.4 Å². The number of anilines is 2. The van der Waals surface area contributed by atoms with Gasteiger partial charge in [-0.3, -0.25) is 14.4 Å². The Kier molecular flexibility index (Phi) is 6.87. The summed E-state index contributed by atoms with van der Waals surface area (Å²) in [7, 11) is 1.34. The SMILES string of the molecule is COc1ccc(CC(=O)OCC(=O)Nc2cccc(NC(C)=O)c2)cc1F. The first-order valence-electron chi connectivity index (χ1n) is 8.03. The van der Waals surface area contributed by atoms with Gasteiger partial charge in [0.05, 0.1) is 13.5 Å². The predicted molar refractivity (Wildman–Crippen MR) is 97.0 cm³/mol. The van der Waals surface area contributed by atoms with Crippen LogP contribution in [-0.2, 0) is 25.5 Å². The van der Waals surface area contributed by atoms with E-state index in [1.165, 1.54) is 32.2 Å². The van der Waals surface area contributed by atoms with Gasteiger partial charge in [-0.25, -0.2) is 4.39 Å². The minimum atomic E-state index is -0.665. The second-order valence-electron chi connectivity index (χ2n) is 5.62. The predicted octanol–water partition coefficient (Wildman–Crippen LogP) is 2.52. The molecule has 8 heteroatoms. The van der Waals surface area contributed by atoms with Crippen LogP contribution in [0.4, 0.5) is 15.8 Å². The number of rotatable bonds is 7. The number of esters is 1. The number of methoxy groups -OCH3 is 1. The van der Waals surface area contributed by atoms with Gasteiger partial charge in [-0.2, -0.15) is 0 Å². The molecule has 0 aromatic heterocycles. The molecule has 7 nitrogen and oxygen atoms in total. The average molecular weight is 374 g/mol. The van der Waals surface area contributed by atoms with Gasteiger partial charge in [0.15, 0.2) is 18.2 Å². The van der Waals surface area contributed by atoms with E-state index in [9.17, 15) is 18.8 Å². The molecule has 0 spiro atoms. The van der Waals surface area contributed by atoms with Crippen molar-refractivity contribution in [3.8, 4) is 5.75 Å². The summed E-state index contributed by atoms with van der Waals surface area (Å²) < 4.78 is 23.3. The fraction of sp³-hybridized carbons (Fsp3) is 0.211. The van der Waals surface area contributed by atoms with E-state index in [1.807, 2.05) is 0 Å². The molecule has 0 atom stereocenters. The fourth-order valence-electron chi connectivity index (χ4n) is 2.26. The quantitative estimate of drug-likeness (QED) is 0.727. The van der Waals surface area contributed by atoms with Crippen molar-refractivity contribution in [3.63, 3.8) is 0 Å². The van der Waals surface area contributed by atoms with Gasteiger partial charge in [-0.1, -0.05) is 12.1 Å². The van der Waals surface area contributed by atoms with Crippen LogP contribution >= 0.6 is 0 Å². The van der Waals surface area contributed by atoms with Crippen molar-refractivity contribution >= 4 is 29.2 Å². The Bertz CT molecular complexity index is 854. The van der Waals surface area contributed by atoms with E-state index in [1.54, 1.807) is 24.3 Å². The molecule has 0 fully saturated rings. The van der Waals surface area contributed by atoms with Gasteiger partial charge in [0.1, 0.15) is 0 Å². The minimum absolute atomic E-state index is 0.0768. The number of nitrogens with one attached hydrogen (secondary N) is 2. The standard InChI is InChI=1S/C19H19FN2O5/c1-12(23)21-14-4-3-5-15(10-14)22-18(24)11-27-19(25)9-13-6-7-17(26-2)16(20)8-13/h3-8,10H,9,11H2,1-2H3,(H,21,23)(H,22,24). The van der Waals surface area contributed by atoms with Crippen LogP contribution in [0, 0.1) is 5.82 Å².